The van der Waals surface area contributed by atoms with Gasteiger partial charge < -0.3 is 19.5 Å². The molecule has 1 fully saturated rings. The number of ether oxygens (including phenoxy) is 3. The van der Waals surface area contributed by atoms with Gasteiger partial charge in [-0.25, -0.2) is 8.42 Å². The molecule has 3 rings (SSSR count). The Morgan fingerprint density at radius 1 is 1.03 bits per heavy atom. The minimum atomic E-state index is -3.66. The maximum absolute atomic E-state index is 12.9. The smallest absolute Gasteiger partial charge is 0.255 e. The van der Waals surface area contributed by atoms with Crippen LogP contribution in [0.1, 0.15) is 15.9 Å². The van der Waals surface area contributed by atoms with Crippen LogP contribution in [0.25, 0.3) is 0 Å². The molecule has 29 heavy (non-hydrogen) atoms. The van der Waals surface area contributed by atoms with Crippen LogP contribution >= 0.6 is 0 Å². The summed E-state index contributed by atoms with van der Waals surface area (Å²) in [7, 11) is -0.660. The van der Waals surface area contributed by atoms with Gasteiger partial charge in [0.15, 0.2) is 0 Å². The van der Waals surface area contributed by atoms with Crippen LogP contribution in [0.3, 0.4) is 0 Å². The summed E-state index contributed by atoms with van der Waals surface area (Å²) >= 11 is 0. The molecule has 1 amide bonds. The largest absolute Gasteiger partial charge is 0.497 e. The van der Waals surface area contributed by atoms with E-state index in [9.17, 15) is 13.2 Å². The van der Waals surface area contributed by atoms with Crippen molar-refractivity contribution in [2.45, 2.75) is 11.8 Å². The molecule has 0 radical (unpaired) electrons. The summed E-state index contributed by atoms with van der Waals surface area (Å²) in [5.41, 5.74) is 1.50. The predicted molar refractivity (Wildman–Crippen MR) is 108 cm³/mol. The molecule has 0 saturated carbocycles. The number of anilines is 1. The summed E-state index contributed by atoms with van der Waals surface area (Å²) in [6.07, 6.45) is 0. The van der Waals surface area contributed by atoms with E-state index in [-0.39, 0.29) is 4.90 Å². The zero-order valence-electron chi connectivity index (χ0n) is 16.6. The van der Waals surface area contributed by atoms with Gasteiger partial charge in [0, 0.05) is 30.4 Å². The lowest BCUT2D eigenvalue weighted by molar-refractivity contribution is 0.0730. The van der Waals surface area contributed by atoms with Crippen LogP contribution in [0.4, 0.5) is 5.69 Å². The molecule has 9 heteroatoms. The molecule has 0 bridgehead atoms. The lowest BCUT2D eigenvalue weighted by Crippen LogP contribution is -2.40. The van der Waals surface area contributed by atoms with Crippen molar-refractivity contribution < 1.29 is 27.4 Å². The van der Waals surface area contributed by atoms with E-state index in [4.69, 9.17) is 14.2 Å². The highest BCUT2D eigenvalue weighted by Crippen LogP contribution is 2.26. The highest BCUT2D eigenvalue weighted by atomic mass is 32.2. The van der Waals surface area contributed by atoms with Crippen molar-refractivity contribution in [2.24, 2.45) is 0 Å². The first-order chi connectivity index (χ1) is 13.8. The van der Waals surface area contributed by atoms with E-state index in [1.165, 1.54) is 24.6 Å². The lowest BCUT2D eigenvalue weighted by Gasteiger charge is -2.26. The monoisotopic (exact) mass is 420 g/mol. The molecule has 1 N–H and O–H groups in total. The Bertz CT molecular complexity index is 978. The number of hydrogen-bond donors (Lipinski definition) is 1. The van der Waals surface area contributed by atoms with Crippen molar-refractivity contribution in [3.05, 3.63) is 47.5 Å². The molecule has 156 valence electrons. The van der Waals surface area contributed by atoms with Gasteiger partial charge in [-0.05, 0) is 36.8 Å². The third kappa shape index (κ3) is 4.69. The molecule has 0 atom stereocenters. The molecule has 0 aromatic heterocycles. The summed E-state index contributed by atoms with van der Waals surface area (Å²) in [5.74, 6) is 0.566. The molecule has 1 aliphatic rings. The van der Waals surface area contributed by atoms with Crippen molar-refractivity contribution in [1.29, 1.82) is 0 Å². The molecule has 1 heterocycles. The predicted octanol–water partition coefficient (Wildman–Crippen LogP) is 2.29. The molecule has 0 unspecified atom stereocenters. The number of carbonyl (C=O) groups is 1. The van der Waals surface area contributed by atoms with E-state index in [2.05, 4.69) is 5.32 Å². The van der Waals surface area contributed by atoms with Gasteiger partial charge in [-0.2, -0.15) is 4.31 Å². The zero-order valence-corrected chi connectivity index (χ0v) is 17.4. The quantitative estimate of drug-likeness (QED) is 0.771. The molecule has 1 saturated heterocycles. The molecule has 1 aliphatic heterocycles. The number of aryl methyl sites for hydroxylation is 1. The van der Waals surface area contributed by atoms with Gasteiger partial charge >= 0.3 is 0 Å². The van der Waals surface area contributed by atoms with E-state index >= 15 is 0 Å². The standard InChI is InChI=1S/C20H24N2O6S/c1-14-4-5-18(29(24,25)22-6-8-28-9-7-22)13-19(14)21-20(23)15-10-16(26-2)12-17(11-15)27-3/h4-5,10-13H,6-9H2,1-3H3,(H,21,23). The first-order valence-corrected chi connectivity index (χ1v) is 10.5. The number of morpholine rings is 1. The number of amides is 1. The average molecular weight is 420 g/mol. The van der Waals surface area contributed by atoms with Gasteiger partial charge in [-0.15, -0.1) is 0 Å². The second kappa shape index (κ2) is 8.81. The second-order valence-corrected chi connectivity index (χ2v) is 8.49. The summed E-state index contributed by atoms with van der Waals surface area (Å²) < 4.78 is 42.8. The van der Waals surface area contributed by atoms with Crippen LogP contribution < -0.4 is 14.8 Å². The van der Waals surface area contributed by atoms with Gasteiger partial charge in [0.1, 0.15) is 11.5 Å². The number of methoxy groups -OCH3 is 2. The fourth-order valence-corrected chi connectivity index (χ4v) is 4.40. The van der Waals surface area contributed by atoms with Crippen molar-refractivity contribution in [3.8, 4) is 11.5 Å². The highest BCUT2D eigenvalue weighted by Gasteiger charge is 2.27. The number of rotatable bonds is 6. The molecule has 0 spiro atoms. The molecule has 8 nitrogen and oxygen atoms in total. The van der Waals surface area contributed by atoms with Crippen molar-refractivity contribution in [2.75, 3.05) is 45.8 Å². The Balaban J connectivity index is 1.88. The maximum Gasteiger partial charge on any atom is 0.255 e. The van der Waals surface area contributed by atoms with Gasteiger partial charge in [0.05, 0.1) is 32.3 Å². The van der Waals surface area contributed by atoms with Crippen LogP contribution in [-0.4, -0.2) is 59.2 Å². The van der Waals surface area contributed by atoms with E-state index in [1.807, 2.05) is 0 Å². The van der Waals surface area contributed by atoms with Crippen LogP contribution in [0.2, 0.25) is 0 Å². The lowest BCUT2D eigenvalue weighted by atomic mass is 10.1. The van der Waals surface area contributed by atoms with E-state index < -0.39 is 15.9 Å². The normalized spacial score (nSPS) is 15.0. The second-order valence-electron chi connectivity index (χ2n) is 6.55. The number of nitrogens with zero attached hydrogens (tertiary/aromatic N) is 1. The van der Waals surface area contributed by atoms with Crippen molar-refractivity contribution >= 4 is 21.6 Å². The van der Waals surface area contributed by atoms with Crippen LogP contribution in [0.5, 0.6) is 11.5 Å². The Morgan fingerprint density at radius 3 is 2.24 bits per heavy atom. The summed E-state index contributed by atoms with van der Waals surface area (Å²) in [5, 5.41) is 2.79. The number of carbonyl (C=O) groups excluding carboxylic acids is 1. The summed E-state index contributed by atoms with van der Waals surface area (Å²) in [4.78, 5) is 12.9. The summed E-state index contributed by atoms with van der Waals surface area (Å²) in [6, 6.07) is 9.54. The van der Waals surface area contributed by atoms with E-state index in [1.54, 1.807) is 37.3 Å². The van der Waals surface area contributed by atoms with Gasteiger partial charge in [0.2, 0.25) is 10.0 Å². The molecular weight excluding hydrogens is 396 g/mol. The van der Waals surface area contributed by atoms with Gasteiger partial charge in [-0.1, -0.05) is 6.07 Å². The van der Waals surface area contributed by atoms with Gasteiger partial charge in [-0.3, -0.25) is 4.79 Å². The molecule has 0 aliphatic carbocycles. The van der Waals surface area contributed by atoms with Crippen LogP contribution in [-0.2, 0) is 14.8 Å². The summed E-state index contributed by atoms with van der Waals surface area (Å²) in [6.45, 7) is 3.15. The fourth-order valence-electron chi connectivity index (χ4n) is 2.97. The fraction of sp³-hybridized carbons (Fsp3) is 0.350. The first kappa shape index (κ1) is 21.1. The third-order valence-corrected chi connectivity index (χ3v) is 6.57. The highest BCUT2D eigenvalue weighted by molar-refractivity contribution is 7.89. The SMILES string of the molecule is COc1cc(OC)cc(C(=O)Nc2cc(S(=O)(=O)N3CCOCC3)ccc2C)c1. The minimum absolute atomic E-state index is 0.128. The Morgan fingerprint density at radius 2 is 1.66 bits per heavy atom. The number of benzene rings is 2. The van der Waals surface area contributed by atoms with Gasteiger partial charge in [0.25, 0.3) is 5.91 Å². The van der Waals surface area contributed by atoms with Crippen molar-refractivity contribution in [3.63, 3.8) is 0 Å². The number of hydrogen-bond acceptors (Lipinski definition) is 6. The molecule has 2 aromatic carbocycles. The number of sulfonamides is 1. The molecule has 2 aromatic rings. The Hall–Kier alpha value is -2.62. The average Bonchev–Trinajstić information content (AvgIpc) is 2.75. The Labute approximate surface area is 170 Å². The minimum Gasteiger partial charge on any atom is -0.497 e. The Kier molecular flexibility index (Phi) is 6.41. The van der Waals surface area contributed by atoms with Crippen molar-refractivity contribution in [1.82, 2.24) is 4.31 Å². The zero-order chi connectivity index (χ0) is 21.0. The maximum atomic E-state index is 12.9. The van der Waals surface area contributed by atoms with E-state index in [0.29, 0.717) is 49.1 Å². The molecular formula is C20H24N2O6S. The topological polar surface area (TPSA) is 94.2 Å². The van der Waals surface area contributed by atoms with Crippen LogP contribution in [0.15, 0.2) is 41.3 Å². The third-order valence-electron chi connectivity index (χ3n) is 4.68. The first-order valence-electron chi connectivity index (χ1n) is 9.08. The van der Waals surface area contributed by atoms with Crippen LogP contribution in [0, 0.1) is 6.92 Å². The number of nitrogens with one attached hydrogen (secondary N) is 1. The van der Waals surface area contributed by atoms with E-state index in [0.717, 1.165) is 5.56 Å².